The summed E-state index contributed by atoms with van der Waals surface area (Å²) in [5.41, 5.74) is 0. The van der Waals surface area contributed by atoms with Crippen LogP contribution in [-0.2, 0) is 4.74 Å². The molecule has 15 heavy (non-hydrogen) atoms. The van der Waals surface area contributed by atoms with Crippen LogP contribution in [0.4, 0.5) is 0 Å². The zero-order valence-corrected chi connectivity index (χ0v) is 10.1. The van der Waals surface area contributed by atoms with E-state index in [1.54, 1.807) is 0 Å². The van der Waals surface area contributed by atoms with Crippen LogP contribution in [0.15, 0.2) is 17.5 Å². The predicted molar refractivity (Wildman–Crippen MR) is 64.3 cm³/mol. The standard InChI is InChI=1S/C12H19NOS/c1-13-11(12-3-2-8-15-12)9-10-4-6-14-7-5-10/h2-3,8,10-11,13H,4-7,9H2,1H3. The van der Waals surface area contributed by atoms with Crippen molar-refractivity contribution in [3.8, 4) is 0 Å². The van der Waals surface area contributed by atoms with E-state index in [2.05, 4.69) is 29.9 Å². The van der Waals surface area contributed by atoms with E-state index in [1.165, 1.54) is 24.1 Å². The molecule has 0 spiro atoms. The topological polar surface area (TPSA) is 21.3 Å². The number of hydrogen-bond donors (Lipinski definition) is 1. The molecule has 1 saturated heterocycles. The van der Waals surface area contributed by atoms with Crippen LogP contribution in [0.5, 0.6) is 0 Å². The van der Waals surface area contributed by atoms with Gasteiger partial charge in [0.1, 0.15) is 0 Å². The van der Waals surface area contributed by atoms with Crippen LogP contribution in [0.2, 0.25) is 0 Å². The Morgan fingerprint density at radius 3 is 2.93 bits per heavy atom. The number of nitrogens with one attached hydrogen (secondary N) is 1. The fourth-order valence-electron chi connectivity index (χ4n) is 2.18. The Labute approximate surface area is 95.6 Å². The van der Waals surface area contributed by atoms with Crippen molar-refractivity contribution < 1.29 is 4.74 Å². The maximum atomic E-state index is 5.39. The van der Waals surface area contributed by atoms with Crippen molar-refractivity contribution in [2.75, 3.05) is 20.3 Å². The molecule has 2 heterocycles. The summed E-state index contributed by atoms with van der Waals surface area (Å²) < 4.78 is 5.39. The molecule has 1 aliphatic rings. The Kier molecular flexibility index (Phi) is 4.18. The van der Waals surface area contributed by atoms with Gasteiger partial charge in [0.25, 0.3) is 0 Å². The Bertz CT molecular complexity index is 267. The summed E-state index contributed by atoms with van der Waals surface area (Å²) in [5, 5.41) is 5.58. The maximum absolute atomic E-state index is 5.39. The molecule has 2 rings (SSSR count). The smallest absolute Gasteiger partial charge is 0.0468 e. The largest absolute Gasteiger partial charge is 0.381 e. The van der Waals surface area contributed by atoms with Crippen LogP contribution in [-0.4, -0.2) is 20.3 Å². The summed E-state index contributed by atoms with van der Waals surface area (Å²) in [6.45, 7) is 1.90. The van der Waals surface area contributed by atoms with Gasteiger partial charge in [0.05, 0.1) is 0 Å². The van der Waals surface area contributed by atoms with Gasteiger partial charge in [0.2, 0.25) is 0 Å². The molecule has 0 bridgehead atoms. The van der Waals surface area contributed by atoms with Crippen LogP contribution in [0.25, 0.3) is 0 Å². The quantitative estimate of drug-likeness (QED) is 0.851. The van der Waals surface area contributed by atoms with Crippen molar-refractivity contribution in [2.45, 2.75) is 25.3 Å². The van der Waals surface area contributed by atoms with E-state index in [9.17, 15) is 0 Å². The van der Waals surface area contributed by atoms with E-state index in [1.807, 2.05) is 11.3 Å². The average molecular weight is 225 g/mol. The van der Waals surface area contributed by atoms with Crippen LogP contribution >= 0.6 is 11.3 Å². The first-order valence-corrected chi connectivity index (χ1v) is 6.56. The molecule has 1 aromatic rings. The van der Waals surface area contributed by atoms with Crippen LogP contribution in [0, 0.1) is 5.92 Å². The molecule has 1 unspecified atom stereocenters. The van der Waals surface area contributed by atoms with Crippen molar-refractivity contribution in [1.82, 2.24) is 5.32 Å². The molecule has 1 atom stereocenters. The summed E-state index contributed by atoms with van der Waals surface area (Å²) >= 11 is 1.85. The number of rotatable bonds is 4. The minimum atomic E-state index is 0.535. The zero-order valence-electron chi connectivity index (χ0n) is 9.24. The third kappa shape index (κ3) is 3.03. The maximum Gasteiger partial charge on any atom is 0.0468 e. The van der Waals surface area contributed by atoms with Crippen molar-refractivity contribution in [1.29, 1.82) is 0 Å². The first-order chi connectivity index (χ1) is 7.40. The molecule has 1 aliphatic heterocycles. The van der Waals surface area contributed by atoms with E-state index >= 15 is 0 Å². The van der Waals surface area contributed by atoms with Gasteiger partial charge in [-0.2, -0.15) is 0 Å². The molecule has 0 saturated carbocycles. The van der Waals surface area contributed by atoms with E-state index in [4.69, 9.17) is 4.74 Å². The Balaban J connectivity index is 1.90. The molecule has 0 amide bonds. The second kappa shape index (κ2) is 5.64. The molecular formula is C12H19NOS. The SMILES string of the molecule is CNC(CC1CCOCC1)c1cccs1. The summed E-state index contributed by atoms with van der Waals surface area (Å²) in [6.07, 6.45) is 3.70. The van der Waals surface area contributed by atoms with Gasteiger partial charge in [0, 0.05) is 24.1 Å². The summed E-state index contributed by atoms with van der Waals surface area (Å²) in [7, 11) is 2.06. The van der Waals surface area contributed by atoms with Crippen molar-refractivity contribution in [3.05, 3.63) is 22.4 Å². The lowest BCUT2D eigenvalue weighted by atomic mass is 9.92. The van der Waals surface area contributed by atoms with E-state index < -0.39 is 0 Å². The molecule has 1 N–H and O–H groups in total. The third-order valence-corrected chi connectivity index (χ3v) is 4.13. The van der Waals surface area contributed by atoms with Gasteiger partial charge in [-0.1, -0.05) is 6.07 Å². The van der Waals surface area contributed by atoms with E-state index in [0.717, 1.165) is 19.1 Å². The second-order valence-electron chi connectivity index (χ2n) is 4.15. The lowest BCUT2D eigenvalue weighted by Crippen LogP contribution is -2.23. The molecule has 1 aromatic heterocycles. The number of hydrogen-bond acceptors (Lipinski definition) is 3. The Morgan fingerprint density at radius 1 is 1.53 bits per heavy atom. The highest BCUT2D eigenvalue weighted by Gasteiger charge is 2.19. The highest BCUT2D eigenvalue weighted by atomic mass is 32.1. The normalized spacial score (nSPS) is 20.3. The molecule has 1 fully saturated rings. The molecule has 2 nitrogen and oxygen atoms in total. The van der Waals surface area contributed by atoms with E-state index in [-0.39, 0.29) is 0 Å². The van der Waals surface area contributed by atoms with Crippen LogP contribution < -0.4 is 5.32 Å². The fraction of sp³-hybridized carbons (Fsp3) is 0.667. The zero-order chi connectivity index (χ0) is 10.5. The second-order valence-corrected chi connectivity index (χ2v) is 5.13. The molecular weight excluding hydrogens is 206 g/mol. The highest BCUT2D eigenvalue weighted by Crippen LogP contribution is 2.29. The lowest BCUT2D eigenvalue weighted by molar-refractivity contribution is 0.0609. The van der Waals surface area contributed by atoms with Gasteiger partial charge in [-0.05, 0) is 43.7 Å². The van der Waals surface area contributed by atoms with Crippen LogP contribution in [0.1, 0.15) is 30.2 Å². The first-order valence-electron chi connectivity index (χ1n) is 5.68. The van der Waals surface area contributed by atoms with Crippen LogP contribution in [0.3, 0.4) is 0 Å². The molecule has 0 radical (unpaired) electrons. The Hall–Kier alpha value is -0.380. The van der Waals surface area contributed by atoms with Gasteiger partial charge in [-0.25, -0.2) is 0 Å². The summed E-state index contributed by atoms with van der Waals surface area (Å²) in [6, 6.07) is 4.90. The summed E-state index contributed by atoms with van der Waals surface area (Å²) in [4.78, 5) is 1.46. The first kappa shape index (κ1) is 11.1. The third-order valence-electron chi connectivity index (χ3n) is 3.14. The van der Waals surface area contributed by atoms with E-state index in [0.29, 0.717) is 6.04 Å². The van der Waals surface area contributed by atoms with Gasteiger partial charge < -0.3 is 10.1 Å². The molecule has 3 heteroatoms. The highest BCUT2D eigenvalue weighted by molar-refractivity contribution is 7.10. The Morgan fingerprint density at radius 2 is 2.33 bits per heavy atom. The molecule has 0 aromatic carbocycles. The minimum absolute atomic E-state index is 0.535. The minimum Gasteiger partial charge on any atom is -0.381 e. The van der Waals surface area contributed by atoms with Gasteiger partial charge in [-0.15, -0.1) is 11.3 Å². The number of thiophene rings is 1. The lowest BCUT2D eigenvalue weighted by Gasteiger charge is -2.26. The average Bonchev–Trinajstić information content (AvgIpc) is 2.81. The predicted octanol–water partition coefficient (Wildman–Crippen LogP) is 2.83. The molecule has 84 valence electrons. The van der Waals surface area contributed by atoms with Gasteiger partial charge >= 0.3 is 0 Å². The van der Waals surface area contributed by atoms with Gasteiger partial charge in [-0.3, -0.25) is 0 Å². The molecule has 0 aliphatic carbocycles. The van der Waals surface area contributed by atoms with Crippen molar-refractivity contribution in [3.63, 3.8) is 0 Å². The summed E-state index contributed by atoms with van der Waals surface area (Å²) in [5.74, 6) is 0.832. The monoisotopic (exact) mass is 225 g/mol. The van der Waals surface area contributed by atoms with Crippen molar-refractivity contribution >= 4 is 11.3 Å². The number of ether oxygens (including phenoxy) is 1. The van der Waals surface area contributed by atoms with Gasteiger partial charge in [0.15, 0.2) is 0 Å². The van der Waals surface area contributed by atoms with Crippen molar-refractivity contribution in [2.24, 2.45) is 5.92 Å². The fourth-order valence-corrected chi connectivity index (χ4v) is 3.03.